The van der Waals surface area contributed by atoms with E-state index in [1.165, 1.54) is 19.3 Å². The smallest absolute Gasteiger partial charge is 0.306 e. The van der Waals surface area contributed by atoms with Crippen LogP contribution in [0.25, 0.3) is 0 Å². The van der Waals surface area contributed by atoms with Gasteiger partial charge in [0.2, 0.25) is 0 Å². The molecule has 0 bridgehead atoms. The molecule has 2 fully saturated rings. The van der Waals surface area contributed by atoms with Gasteiger partial charge in [0.15, 0.2) is 14.6 Å². The molecule has 0 aromatic rings. The Morgan fingerprint density at radius 2 is 1.97 bits per heavy atom. The summed E-state index contributed by atoms with van der Waals surface area (Å²) < 4.78 is 25.5. The summed E-state index contributed by atoms with van der Waals surface area (Å²) in [6.07, 6.45) is 20.8. The van der Waals surface area contributed by atoms with E-state index < -0.39 is 8.32 Å². The quantitative estimate of drug-likeness (QED) is 0.123. The summed E-state index contributed by atoms with van der Waals surface area (Å²) in [4.78, 5) is 12.6. The fourth-order valence-electron chi connectivity index (χ4n) is 5.52. The molecule has 0 aromatic carbocycles. The molecule has 6 heteroatoms. The Labute approximate surface area is 227 Å². The molecule has 5 nitrogen and oxygen atoms in total. The second-order valence-corrected chi connectivity index (χ2v) is 17.6. The van der Waals surface area contributed by atoms with Gasteiger partial charge in [-0.15, -0.1) is 0 Å². The van der Waals surface area contributed by atoms with Gasteiger partial charge in [-0.25, -0.2) is 0 Å². The lowest BCUT2D eigenvalue weighted by molar-refractivity contribution is -0.193. The van der Waals surface area contributed by atoms with Crippen LogP contribution in [-0.4, -0.2) is 45.5 Å². The van der Waals surface area contributed by atoms with E-state index in [0.717, 1.165) is 58.0 Å². The Kier molecular flexibility index (Phi) is 11.9. The largest absolute Gasteiger partial charge is 0.462 e. The average molecular weight is 535 g/mol. The maximum Gasteiger partial charge on any atom is 0.306 e. The summed E-state index contributed by atoms with van der Waals surface area (Å²) in [5.74, 6) is 0.317. The highest BCUT2D eigenvalue weighted by Gasteiger charge is 2.45. The van der Waals surface area contributed by atoms with E-state index in [-0.39, 0.29) is 47.4 Å². The number of hydrogen-bond acceptors (Lipinski definition) is 5. The molecular formula is C31H54O5Si. The molecule has 0 N–H and O–H groups in total. The first kappa shape index (κ1) is 30.6. The number of allylic oxidation sites excluding steroid dienone is 2. The Bertz CT molecular complexity index is 749. The van der Waals surface area contributed by atoms with Crippen molar-refractivity contribution >= 4 is 14.3 Å². The first-order valence-electron chi connectivity index (χ1n) is 15.1. The van der Waals surface area contributed by atoms with Gasteiger partial charge in [-0.05, 0) is 63.1 Å². The molecule has 37 heavy (non-hydrogen) atoms. The van der Waals surface area contributed by atoms with Crippen LogP contribution in [0.4, 0.5) is 0 Å². The molecule has 2 heterocycles. The highest BCUT2D eigenvalue weighted by Crippen LogP contribution is 2.42. The van der Waals surface area contributed by atoms with Crippen molar-refractivity contribution < 1.29 is 23.4 Å². The van der Waals surface area contributed by atoms with Crippen LogP contribution < -0.4 is 0 Å². The zero-order valence-corrected chi connectivity index (χ0v) is 25.5. The van der Waals surface area contributed by atoms with Gasteiger partial charge < -0.3 is 18.6 Å². The van der Waals surface area contributed by atoms with Gasteiger partial charge >= 0.3 is 5.97 Å². The van der Waals surface area contributed by atoms with Crippen LogP contribution in [0.1, 0.15) is 105 Å². The van der Waals surface area contributed by atoms with Gasteiger partial charge in [0, 0.05) is 31.3 Å². The Morgan fingerprint density at radius 3 is 2.68 bits per heavy atom. The summed E-state index contributed by atoms with van der Waals surface area (Å²) in [5, 5.41) is 0.168. The van der Waals surface area contributed by atoms with Gasteiger partial charge in [-0.2, -0.15) is 0 Å². The maximum atomic E-state index is 12.6. The molecule has 1 unspecified atom stereocenters. The molecule has 0 radical (unpaired) electrons. The van der Waals surface area contributed by atoms with Gasteiger partial charge in [-0.1, -0.05) is 71.3 Å². The lowest BCUT2D eigenvalue weighted by atomic mass is 9.89. The summed E-state index contributed by atoms with van der Waals surface area (Å²) >= 11 is 0. The van der Waals surface area contributed by atoms with Crippen molar-refractivity contribution in [1.82, 2.24) is 0 Å². The zero-order valence-electron chi connectivity index (χ0n) is 24.5. The van der Waals surface area contributed by atoms with E-state index in [1.807, 2.05) is 0 Å². The summed E-state index contributed by atoms with van der Waals surface area (Å²) in [5.41, 5.74) is 0. The lowest BCUT2D eigenvalue weighted by Gasteiger charge is -2.39. The summed E-state index contributed by atoms with van der Waals surface area (Å²) in [6.45, 7) is 14.6. The van der Waals surface area contributed by atoms with Crippen molar-refractivity contribution in [3.8, 4) is 0 Å². The van der Waals surface area contributed by atoms with Crippen molar-refractivity contribution in [1.29, 1.82) is 0 Å². The van der Waals surface area contributed by atoms with E-state index in [4.69, 9.17) is 18.6 Å². The number of unbranched alkanes of at least 4 members (excludes halogenated alkanes) is 2. The van der Waals surface area contributed by atoms with E-state index in [1.54, 1.807) is 0 Å². The molecular weight excluding hydrogens is 480 g/mol. The molecule has 0 amide bonds. The average Bonchev–Trinajstić information content (AvgIpc) is 3.15. The minimum Gasteiger partial charge on any atom is -0.462 e. The monoisotopic (exact) mass is 534 g/mol. The first-order valence-corrected chi connectivity index (χ1v) is 18.0. The molecule has 0 aromatic heterocycles. The van der Waals surface area contributed by atoms with Crippen LogP contribution in [0.3, 0.4) is 0 Å². The molecule has 212 valence electrons. The van der Waals surface area contributed by atoms with Crippen molar-refractivity contribution in [2.45, 2.75) is 147 Å². The van der Waals surface area contributed by atoms with E-state index in [9.17, 15) is 4.79 Å². The topological polar surface area (TPSA) is 54.0 Å². The van der Waals surface area contributed by atoms with E-state index >= 15 is 0 Å². The summed E-state index contributed by atoms with van der Waals surface area (Å²) in [7, 11) is -1.91. The lowest BCUT2D eigenvalue weighted by Crippen LogP contribution is -2.43. The Morgan fingerprint density at radius 1 is 1.16 bits per heavy atom. The number of rotatable bonds is 10. The van der Waals surface area contributed by atoms with Gasteiger partial charge in [0.05, 0.1) is 12.2 Å². The van der Waals surface area contributed by atoms with Gasteiger partial charge in [0.25, 0.3) is 0 Å². The van der Waals surface area contributed by atoms with Crippen LogP contribution in [0.5, 0.6) is 0 Å². The number of hydrogen-bond donors (Lipinski definition) is 0. The number of carbonyl (C=O) groups excluding carboxylic acids is 1. The molecule has 3 aliphatic rings. The highest BCUT2D eigenvalue weighted by atomic mass is 28.4. The number of carbonyl (C=O) groups is 1. The fourth-order valence-corrected chi connectivity index (χ4v) is 6.82. The fraction of sp³-hybridized carbons (Fsp3) is 0.839. The van der Waals surface area contributed by atoms with E-state index in [2.05, 4.69) is 65.1 Å². The molecule has 1 aliphatic carbocycles. The minimum absolute atomic E-state index is 0.0135. The van der Waals surface area contributed by atoms with Crippen molar-refractivity contribution in [3.05, 3.63) is 24.3 Å². The SMILES string of the molecule is CCCCC[C@@H](/C=C/[C@@H]1[C@H]2C/C=C\CCCC(=O)O[C@H]2C[C@H]1OC1CCCCO1)O[Si](C)(C)C(C)(C)C. The zero-order chi connectivity index (χ0) is 26.9. The predicted octanol–water partition coefficient (Wildman–Crippen LogP) is 8.10. The van der Waals surface area contributed by atoms with Gasteiger partial charge in [0.1, 0.15) is 6.10 Å². The normalized spacial score (nSPS) is 31.6. The third-order valence-electron chi connectivity index (χ3n) is 8.83. The molecule has 0 spiro atoms. The van der Waals surface area contributed by atoms with Crippen molar-refractivity contribution in [2.75, 3.05) is 6.61 Å². The standard InChI is InChI=1S/C31H54O5Si/c1-7-8-11-16-24(36-37(5,6)31(2,3)4)20-21-26-25-17-12-9-10-13-18-29(32)34-27(25)23-28(26)35-30-19-14-15-22-33-30/h9,12,20-21,24-28,30H,7-8,10-11,13-19,22-23H2,1-6H3/b12-9-,21-20+/t24-,25+,26+,27-,28+,30?/m0/s1. The predicted molar refractivity (Wildman–Crippen MR) is 153 cm³/mol. The third-order valence-corrected chi connectivity index (χ3v) is 13.3. The molecule has 3 rings (SSSR count). The maximum absolute atomic E-state index is 12.6. The number of ether oxygens (including phenoxy) is 3. The third kappa shape index (κ3) is 9.33. The van der Waals surface area contributed by atoms with Crippen LogP contribution in [0, 0.1) is 11.8 Å². The summed E-state index contributed by atoms with van der Waals surface area (Å²) in [6, 6.07) is 0. The Balaban J connectivity index is 1.84. The van der Waals surface area contributed by atoms with Crippen molar-refractivity contribution in [2.24, 2.45) is 11.8 Å². The number of fused-ring (bicyclic) bond motifs is 1. The highest BCUT2D eigenvalue weighted by molar-refractivity contribution is 6.74. The van der Waals surface area contributed by atoms with Gasteiger partial charge in [-0.3, -0.25) is 4.79 Å². The molecule has 1 saturated heterocycles. The molecule has 6 atom stereocenters. The molecule has 1 saturated carbocycles. The molecule has 2 aliphatic heterocycles. The van der Waals surface area contributed by atoms with Crippen LogP contribution in [-0.2, 0) is 23.4 Å². The second kappa shape index (κ2) is 14.4. The Hall–Kier alpha value is -0.953. The van der Waals surface area contributed by atoms with Crippen LogP contribution in [0.15, 0.2) is 24.3 Å². The van der Waals surface area contributed by atoms with Crippen LogP contribution >= 0.6 is 0 Å². The minimum atomic E-state index is -1.91. The van der Waals surface area contributed by atoms with Crippen LogP contribution in [0.2, 0.25) is 18.1 Å². The van der Waals surface area contributed by atoms with Crippen molar-refractivity contribution in [3.63, 3.8) is 0 Å². The first-order chi connectivity index (χ1) is 17.6. The second-order valence-electron chi connectivity index (χ2n) is 12.9. The number of esters is 1. The van der Waals surface area contributed by atoms with E-state index in [0.29, 0.717) is 6.42 Å².